The maximum atomic E-state index is 12.4. The fourth-order valence-corrected chi connectivity index (χ4v) is 2.00. The Morgan fingerprint density at radius 2 is 2.10 bits per heavy atom. The number of rotatable bonds is 5. The average molecular weight is 271 g/mol. The number of hydrogen-bond donors (Lipinski definition) is 2. The SMILES string of the molecule is CCC(C)CNC(=O)c1cc(NC)nc2ccccc12. The standard InChI is InChI=1S/C16H21N3O/c1-4-11(2)10-18-16(20)13-9-15(17-3)19-14-8-6-5-7-12(13)14/h5-9,11H,4,10H2,1-3H3,(H,17,19)(H,18,20). The van der Waals surface area contributed by atoms with Crippen molar-refractivity contribution in [2.24, 2.45) is 5.92 Å². The number of carbonyl (C=O) groups excluding carboxylic acids is 1. The van der Waals surface area contributed by atoms with Crippen molar-refractivity contribution in [3.63, 3.8) is 0 Å². The molecule has 1 aromatic heterocycles. The van der Waals surface area contributed by atoms with E-state index in [0.29, 0.717) is 23.8 Å². The summed E-state index contributed by atoms with van der Waals surface area (Å²) in [6.45, 7) is 4.95. The normalized spacial score (nSPS) is 12.2. The van der Waals surface area contributed by atoms with Crippen molar-refractivity contribution >= 4 is 22.6 Å². The summed E-state index contributed by atoms with van der Waals surface area (Å²) in [7, 11) is 1.80. The van der Waals surface area contributed by atoms with Crippen molar-refractivity contribution in [2.45, 2.75) is 20.3 Å². The number of nitrogens with one attached hydrogen (secondary N) is 2. The molecule has 0 aliphatic rings. The predicted octanol–water partition coefficient (Wildman–Crippen LogP) is 3.05. The lowest BCUT2D eigenvalue weighted by atomic mass is 10.1. The number of amides is 1. The van der Waals surface area contributed by atoms with Crippen molar-refractivity contribution in [3.8, 4) is 0 Å². The smallest absolute Gasteiger partial charge is 0.252 e. The summed E-state index contributed by atoms with van der Waals surface area (Å²) < 4.78 is 0. The largest absolute Gasteiger partial charge is 0.373 e. The van der Waals surface area contributed by atoms with Crippen molar-refractivity contribution < 1.29 is 4.79 Å². The molecule has 0 radical (unpaired) electrons. The summed E-state index contributed by atoms with van der Waals surface area (Å²) in [6.07, 6.45) is 1.05. The second-order valence-electron chi connectivity index (χ2n) is 5.05. The van der Waals surface area contributed by atoms with E-state index in [1.165, 1.54) is 0 Å². The third kappa shape index (κ3) is 3.07. The zero-order valence-electron chi connectivity index (χ0n) is 12.2. The Kier molecular flexibility index (Phi) is 4.56. The molecule has 1 unspecified atom stereocenters. The minimum atomic E-state index is -0.0413. The van der Waals surface area contributed by atoms with Crippen LogP contribution in [0.1, 0.15) is 30.6 Å². The molecular formula is C16H21N3O. The van der Waals surface area contributed by atoms with Crippen molar-refractivity contribution in [2.75, 3.05) is 18.9 Å². The molecule has 0 fully saturated rings. The molecule has 0 aliphatic carbocycles. The van der Waals surface area contributed by atoms with Gasteiger partial charge in [0.05, 0.1) is 11.1 Å². The highest BCUT2D eigenvalue weighted by Gasteiger charge is 2.13. The number of fused-ring (bicyclic) bond motifs is 1. The van der Waals surface area contributed by atoms with Gasteiger partial charge in [0.15, 0.2) is 0 Å². The molecule has 0 aliphatic heterocycles. The monoisotopic (exact) mass is 271 g/mol. The molecule has 2 rings (SSSR count). The second kappa shape index (κ2) is 6.37. The number of para-hydroxylation sites is 1. The molecule has 0 bridgehead atoms. The molecule has 0 spiro atoms. The Morgan fingerprint density at radius 3 is 2.80 bits per heavy atom. The molecule has 4 nitrogen and oxygen atoms in total. The maximum Gasteiger partial charge on any atom is 0.252 e. The number of aromatic nitrogens is 1. The van der Waals surface area contributed by atoms with Crippen LogP contribution in [-0.2, 0) is 0 Å². The van der Waals surface area contributed by atoms with Gasteiger partial charge in [0.2, 0.25) is 0 Å². The summed E-state index contributed by atoms with van der Waals surface area (Å²) in [5.74, 6) is 1.15. The van der Waals surface area contributed by atoms with E-state index in [2.05, 4.69) is 29.5 Å². The van der Waals surface area contributed by atoms with Gasteiger partial charge in [-0.2, -0.15) is 0 Å². The van der Waals surface area contributed by atoms with Gasteiger partial charge in [0, 0.05) is 19.0 Å². The van der Waals surface area contributed by atoms with Gasteiger partial charge in [0.25, 0.3) is 5.91 Å². The molecule has 1 heterocycles. The van der Waals surface area contributed by atoms with Crippen LogP contribution in [0.5, 0.6) is 0 Å². The summed E-state index contributed by atoms with van der Waals surface area (Å²) in [5.41, 5.74) is 1.50. The van der Waals surface area contributed by atoms with E-state index in [9.17, 15) is 4.79 Å². The molecule has 2 N–H and O–H groups in total. The lowest BCUT2D eigenvalue weighted by Crippen LogP contribution is -2.28. The first-order valence-corrected chi connectivity index (χ1v) is 7.01. The van der Waals surface area contributed by atoms with Crippen LogP contribution < -0.4 is 10.6 Å². The van der Waals surface area contributed by atoms with E-state index in [-0.39, 0.29) is 5.91 Å². The average Bonchev–Trinajstić information content (AvgIpc) is 2.50. The Hall–Kier alpha value is -2.10. The number of benzene rings is 1. The number of pyridine rings is 1. The van der Waals surface area contributed by atoms with Crippen LogP contribution in [0.15, 0.2) is 30.3 Å². The zero-order valence-corrected chi connectivity index (χ0v) is 12.2. The van der Waals surface area contributed by atoms with Crippen LogP contribution >= 0.6 is 0 Å². The van der Waals surface area contributed by atoms with Gasteiger partial charge in [0.1, 0.15) is 5.82 Å². The summed E-state index contributed by atoms with van der Waals surface area (Å²) in [4.78, 5) is 16.8. The van der Waals surface area contributed by atoms with Gasteiger partial charge in [-0.15, -0.1) is 0 Å². The van der Waals surface area contributed by atoms with Crippen LogP contribution in [0.25, 0.3) is 10.9 Å². The summed E-state index contributed by atoms with van der Waals surface area (Å²) >= 11 is 0. The lowest BCUT2D eigenvalue weighted by Gasteiger charge is -2.12. The maximum absolute atomic E-state index is 12.4. The van der Waals surface area contributed by atoms with E-state index in [1.807, 2.05) is 24.3 Å². The third-order valence-corrected chi connectivity index (χ3v) is 3.52. The van der Waals surface area contributed by atoms with Crippen LogP contribution in [-0.4, -0.2) is 24.5 Å². The molecule has 2 aromatic rings. The van der Waals surface area contributed by atoms with Gasteiger partial charge < -0.3 is 10.6 Å². The van der Waals surface area contributed by atoms with E-state index in [0.717, 1.165) is 17.3 Å². The van der Waals surface area contributed by atoms with Crippen molar-refractivity contribution in [1.29, 1.82) is 0 Å². The highest BCUT2D eigenvalue weighted by atomic mass is 16.1. The van der Waals surface area contributed by atoms with Crippen molar-refractivity contribution in [1.82, 2.24) is 10.3 Å². The highest BCUT2D eigenvalue weighted by molar-refractivity contribution is 6.06. The molecule has 20 heavy (non-hydrogen) atoms. The first-order chi connectivity index (χ1) is 9.65. The minimum Gasteiger partial charge on any atom is -0.373 e. The topological polar surface area (TPSA) is 54.0 Å². The summed E-state index contributed by atoms with van der Waals surface area (Å²) in [5, 5.41) is 6.88. The molecular weight excluding hydrogens is 250 g/mol. The van der Waals surface area contributed by atoms with Crippen LogP contribution in [0, 0.1) is 5.92 Å². The number of nitrogens with zero attached hydrogens (tertiary/aromatic N) is 1. The number of anilines is 1. The van der Waals surface area contributed by atoms with Gasteiger partial charge in [-0.25, -0.2) is 4.98 Å². The van der Waals surface area contributed by atoms with Crippen LogP contribution in [0.3, 0.4) is 0 Å². The van der Waals surface area contributed by atoms with Crippen LogP contribution in [0.2, 0.25) is 0 Å². The first-order valence-electron chi connectivity index (χ1n) is 7.01. The zero-order chi connectivity index (χ0) is 14.5. The Morgan fingerprint density at radius 1 is 1.35 bits per heavy atom. The summed E-state index contributed by atoms with van der Waals surface area (Å²) in [6, 6.07) is 9.50. The molecule has 0 saturated heterocycles. The molecule has 1 aromatic carbocycles. The molecule has 0 saturated carbocycles. The fraction of sp³-hybridized carbons (Fsp3) is 0.375. The van der Waals surface area contributed by atoms with Gasteiger partial charge in [-0.1, -0.05) is 38.5 Å². The molecule has 1 amide bonds. The number of hydrogen-bond acceptors (Lipinski definition) is 3. The van der Waals surface area contributed by atoms with E-state index in [1.54, 1.807) is 13.1 Å². The van der Waals surface area contributed by atoms with Gasteiger partial charge >= 0.3 is 0 Å². The Labute approximate surface area is 119 Å². The second-order valence-corrected chi connectivity index (χ2v) is 5.05. The molecule has 1 atom stereocenters. The van der Waals surface area contributed by atoms with E-state index < -0.39 is 0 Å². The Bertz CT molecular complexity index is 610. The van der Waals surface area contributed by atoms with E-state index >= 15 is 0 Å². The van der Waals surface area contributed by atoms with Gasteiger partial charge in [-0.3, -0.25) is 4.79 Å². The third-order valence-electron chi connectivity index (χ3n) is 3.52. The lowest BCUT2D eigenvalue weighted by molar-refractivity contribution is 0.0949. The fourth-order valence-electron chi connectivity index (χ4n) is 2.00. The first kappa shape index (κ1) is 14.3. The quantitative estimate of drug-likeness (QED) is 0.878. The predicted molar refractivity (Wildman–Crippen MR) is 83.1 cm³/mol. The minimum absolute atomic E-state index is 0.0413. The van der Waals surface area contributed by atoms with Crippen LogP contribution in [0.4, 0.5) is 5.82 Å². The highest BCUT2D eigenvalue weighted by Crippen LogP contribution is 2.20. The van der Waals surface area contributed by atoms with E-state index in [4.69, 9.17) is 0 Å². The Balaban J connectivity index is 2.34. The van der Waals surface area contributed by atoms with Gasteiger partial charge in [-0.05, 0) is 18.1 Å². The molecule has 4 heteroatoms. The number of carbonyl (C=O) groups is 1. The molecule has 106 valence electrons. The van der Waals surface area contributed by atoms with Crippen molar-refractivity contribution in [3.05, 3.63) is 35.9 Å².